The van der Waals surface area contributed by atoms with Crippen LogP contribution >= 0.6 is 0 Å². The van der Waals surface area contributed by atoms with E-state index < -0.39 is 0 Å². The van der Waals surface area contributed by atoms with Gasteiger partial charge in [0.25, 0.3) is 5.91 Å². The van der Waals surface area contributed by atoms with Gasteiger partial charge in [0.05, 0.1) is 0 Å². The summed E-state index contributed by atoms with van der Waals surface area (Å²) >= 11 is 0. The van der Waals surface area contributed by atoms with Gasteiger partial charge in [-0.15, -0.1) is 0 Å². The van der Waals surface area contributed by atoms with Crippen LogP contribution in [-0.4, -0.2) is 18.4 Å². The average Bonchev–Trinajstić information content (AvgIpc) is 3.13. The van der Waals surface area contributed by atoms with Crippen LogP contribution in [0.2, 0.25) is 0 Å². The lowest BCUT2D eigenvalue weighted by Crippen LogP contribution is -2.25. The first-order chi connectivity index (χ1) is 13.6. The zero-order valence-corrected chi connectivity index (χ0v) is 15.5. The first-order valence-electron chi connectivity index (χ1n) is 9.15. The van der Waals surface area contributed by atoms with Crippen LogP contribution < -0.4 is 15.0 Å². The summed E-state index contributed by atoms with van der Waals surface area (Å²) in [5.41, 5.74) is 3.19. The molecule has 3 aromatic rings. The fourth-order valence-electron chi connectivity index (χ4n) is 3.29. The molecular weight excluding hydrogens is 352 g/mol. The minimum Gasteiger partial charge on any atom is -0.457 e. The molecule has 28 heavy (non-hydrogen) atoms. The Morgan fingerprint density at radius 1 is 0.929 bits per heavy atom. The highest BCUT2D eigenvalue weighted by Gasteiger charge is 2.22. The van der Waals surface area contributed by atoms with E-state index in [0.717, 1.165) is 23.4 Å². The molecule has 2 amide bonds. The summed E-state index contributed by atoms with van der Waals surface area (Å²) in [5.74, 6) is 1.21. The second-order valence-electron chi connectivity index (χ2n) is 6.66. The van der Waals surface area contributed by atoms with E-state index in [4.69, 9.17) is 4.74 Å². The Morgan fingerprint density at radius 2 is 1.64 bits per heavy atom. The summed E-state index contributed by atoms with van der Waals surface area (Å²) in [6.07, 6.45) is 0.839. The maximum absolute atomic E-state index is 12.6. The van der Waals surface area contributed by atoms with Crippen molar-refractivity contribution in [2.24, 2.45) is 0 Å². The van der Waals surface area contributed by atoms with Crippen LogP contribution in [0.3, 0.4) is 0 Å². The van der Waals surface area contributed by atoms with Crippen molar-refractivity contribution in [3.05, 3.63) is 83.9 Å². The van der Waals surface area contributed by atoms with E-state index in [9.17, 15) is 9.59 Å². The van der Waals surface area contributed by atoms with Gasteiger partial charge in [-0.25, -0.2) is 0 Å². The molecule has 140 valence electrons. The van der Waals surface area contributed by atoms with E-state index in [1.165, 1.54) is 0 Å². The number of fused-ring (bicyclic) bond motifs is 1. The molecular formula is C23H20N2O3. The Bertz CT molecular complexity index is 1010. The number of carbonyl (C=O) groups excluding carboxylic acids is 2. The highest BCUT2D eigenvalue weighted by molar-refractivity contribution is 6.05. The monoisotopic (exact) mass is 372 g/mol. The first kappa shape index (κ1) is 17.8. The molecule has 0 bridgehead atoms. The van der Waals surface area contributed by atoms with Crippen LogP contribution in [-0.2, 0) is 11.2 Å². The largest absolute Gasteiger partial charge is 0.457 e. The number of nitrogens with zero attached hydrogens (tertiary/aromatic N) is 1. The number of carbonyl (C=O) groups is 2. The van der Waals surface area contributed by atoms with E-state index >= 15 is 0 Å². The number of amides is 2. The van der Waals surface area contributed by atoms with Crippen molar-refractivity contribution in [3.8, 4) is 11.5 Å². The predicted molar refractivity (Wildman–Crippen MR) is 109 cm³/mol. The minimum atomic E-state index is -0.210. The Labute approximate surface area is 163 Å². The van der Waals surface area contributed by atoms with E-state index in [2.05, 4.69) is 5.32 Å². The van der Waals surface area contributed by atoms with Gasteiger partial charge in [-0.1, -0.05) is 24.3 Å². The van der Waals surface area contributed by atoms with Crippen molar-refractivity contribution in [1.82, 2.24) is 0 Å². The van der Waals surface area contributed by atoms with Crippen LogP contribution in [0.25, 0.3) is 0 Å². The minimum absolute atomic E-state index is 0.0104. The smallest absolute Gasteiger partial charge is 0.255 e. The molecule has 0 aliphatic carbocycles. The van der Waals surface area contributed by atoms with E-state index in [-0.39, 0.29) is 11.8 Å². The Morgan fingerprint density at radius 3 is 2.36 bits per heavy atom. The van der Waals surface area contributed by atoms with Gasteiger partial charge in [0.2, 0.25) is 5.91 Å². The topological polar surface area (TPSA) is 58.6 Å². The summed E-state index contributed by atoms with van der Waals surface area (Å²) in [4.78, 5) is 26.1. The lowest BCUT2D eigenvalue weighted by atomic mass is 10.1. The maximum Gasteiger partial charge on any atom is 0.255 e. The predicted octanol–water partition coefficient (Wildman–Crippen LogP) is 4.64. The third kappa shape index (κ3) is 3.74. The van der Waals surface area contributed by atoms with Gasteiger partial charge in [-0.2, -0.15) is 0 Å². The van der Waals surface area contributed by atoms with Crippen molar-refractivity contribution >= 4 is 23.2 Å². The van der Waals surface area contributed by atoms with E-state index in [0.29, 0.717) is 23.5 Å². The van der Waals surface area contributed by atoms with Crippen molar-refractivity contribution in [3.63, 3.8) is 0 Å². The fraction of sp³-hybridized carbons (Fsp3) is 0.130. The van der Waals surface area contributed by atoms with Crippen LogP contribution in [0.1, 0.15) is 22.8 Å². The lowest BCUT2D eigenvalue weighted by molar-refractivity contribution is -0.116. The third-order valence-electron chi connectivity index (χ3n) is 4.71. The molecule has 0 radical (unpaired) electrons. The molecule has 5 heteroatoms. The van der Waals surface area contributed by atoms with Crippen molar-refractivity contribution < 1.29 is 14.3 Å². The molecule has 1 aliphatic rings. The van der Waals surface area contributed by atoms with Gasteiger partial charge < -0.3 is 15.0 Å². The quantitative estimate of drug-likeness (QED) is 0.726. The highest BCUT2D eigenvalue weighted by Crippen LogP contribution is 2.31. The van der Waals surface area contributed by atoms with E-state index in [1.54, 1.807) is 36.1 Å². The Kier molecular flexibility index (Phi) is 4.81. The zero-order chi connectivity index (χ0) is 19.5. The highest BCUT2D eigenvalue weighted by atomic mass is 16.5. The van der Waals surface area contributed by atoms with Gasteiger partial charge in [0.15, 0.2) is 0 Å². The normalized spacial score (nSPS) is 12.4. The van der Waals surface area contributed by atoms with Gasteiger partial charge >= 0.3 is 0 Å². The molecule has 0 fully saturated rings. The number of ether oxygens (including phenoxy) is 1. The van der Waals surface area contributed by atoms with Gasteiger partial charge in [-0.05, 0) is 60.5 Å². The molecule has 0 spiro atoms. The molecule has 5 nitrogen and oxygen atoms in total. The maximum atomic E-state index is 12.6. The van der Waals surface area contributed by atoms with Crippen molar-refractivity contribution in [1.29, 1.82) is 0 Å². The molecule has 1 N–H and O–H groups in total. The number of hydrogen-bond acceptors (Lipinski definition) is 3. The third-order valence-corrected chi connectivity index (χ3v) is 4.71. The molecule has 1 aliphatic heterocycles. The molecule has 3 aromatic carbocycles. The van der Waals surface area contributed by atoms with Crippen LogP contribution in [0, 0.1) is 0 Å². The van der Waals surface area contributed by atoms with Crippen LogP contribution in [0.15, 0.2) is 72.8 Å². The Balaban J connectivity index is 1.45. The molecule has 1 heterocycles. The second kappa shape index (κ2) is 7.56. The van der Waals surface area contributed by atoms with E-state index in [1.807, 2.05) is 48.5 Å². The number of anilines is 2. The summed E-state index contributed by atoms with van der Waals surface area (Å²) < 4.78 is 5.75. The van der Waals surface area contributed by atoms with Crippen LogP contribution in [0.4, 0.5) is 11.4 Å². The van der Waals surface area contributed by atoms with Crippen molar-refractivity contribution in [2.75, 3.05) is 16.8 Å². The zero-order valence-electron chi connectivity index (χ0n) is 15.5. The SMILES string of the molecule is CC(=O)N1CCc2ccc(NC(=O)c3ccc(Oc4ccccc4)cc3)cc21. The molecule has 0 atom stereocenters. The number of benzene rings is 3. The molecule has 4 rings (SSSR count). The number of hydrogen-bond donors (Lipinski definition) is 1. The van der Waals surface area contributed by atoms with Crippen molar-refractivity contribution in [2.45, 2.75) is 13.3 Å². The first-order valence-corrected chi connectivity index (χ1v) is 9.15. The number of para-hydroxylation sites is 1. The standard InChI is InChI=1S/C23H20N2O3/c1-16(26)25-14-13-17-7-10-19(15-22(17)25)24-23(27)18-8-11-21(12-9-18)28-20-5-3-2-4-6-20/h2-12,15H,13-14H2,1H3,(H,24,27). The summed E-state index contributed by atoms with van der Waals surface area (Å²) in [6, 6.07) is 22.1. The van der Waals surface area contributed by atoms with Crippen LogP contribution in [0.5, 0.6) is 11.5 Å². The lowest BCUT2D eigenvalue weighted by Gasteiger charge is -2.16. The molecule has 0 aromatic heterocycles. The number of rotatable bonds is 4. The van der Waals surface area contributed by atoms with Gasteiger partial charge in [0, 0.05) is 30.4 Å². The van der Waals surface area contributed by atoms with Gasteiger partial charge in [-0.3, -0.25) is 9.59 Å². The fourth-order valence-corrected chi connectivity index (χ4v) is 3.29. The Hall–Kier alpha value is -3.60. The average molecular weight is 372 g/mol. The number of nitrogens with one attached hydrogen (secondary N) is 1. The van der Waals surface area contributed by atoms with Gasteiger partial charge in [0.1, 0.15) is 11.5 Å². The summed E-state index contributed by atoms with van der Waals surface area (Å²) in [5, 5.41) is 2.90. The molecule has 0 saturated carbocycles. The summed E-state index contributed by atoms with van der Waals surface area (Å²) in [6.45, 7) is 2.24. The molecule has 0 unspecified atom stereocenters. The molecule has 0 saturated heterocycles. The summed E-state index contributed by atoms with van der Waals surface area (Å²) in [7, 11) is 0. The second-order valence-corrected chi connectivity index (χ2v) is 6.66.